The second-order valence-electron chi connectivity index (χ2n) is 8.38. The van der Waals surface area contributed by atoms with E-state index in [0.717, 1.165) is 6.08 Å². The number of nitrogens with two attached hydrogens (primary N) is 1. The van der Waals surface area contributed by atoms with Crippen LogP contribution in [0.15, 0.2) is 58.6 Å². The summed E-state index contributed by atoms with van der Waals surface area (Å²) in [6.45, 7) is -0.289. The van der Waals surface area contributed by atoms with Crippen molar-refractivity contribution in [3.8, 4) is 11.3 Å². The van der Waals surface area contributed by atoms with Crippen molar-refractivity contribution in [3.63, 3.8) is 0 Å². The number of halogens is 5. The van der Waals surface area contributed by atoms with Crippen LogP contribution in [0.3, 0.4) is 0 Å². The predicted molar refractivity (Wildman–Crippen MR) is 142 cm³/mol. The zero-order chi connectivity index (χ0) is 29.3. The minimum atomic E-state index is -5.34. The smallest absolute Gasteiger partial charge is 0.414 e. The summed E-state index contributed by atoms with van der Waals surface area (Å²) in [4.78, 5) is 31.5. The van der Waals surface area contributed by atoms with Gasteiger partial charge in [0.15, 0.2) is 11.6 Å². The zero-order valence-corrected chi connectivity index (χ0v) is 21.8. The molecule has 0 spiro atoms. The maximum absolute atomic E-state index is 12.9. The van der Waals surface area contributed by atoms with Crippen molar-refractivity contribution in [1.29, 1.82) is 0 Å². The van der Waals surface area contributed by atoms with Crippen molar-refractivity contribution in [1.82, 2.24) is 31.0 Å². The van der Waals surface area contributed by atoms with Gasteiger partial charge in [0.25, 0.3) is 5.91 Å². The summed E-state index contributed by atoms with van der Waals surface area (Å²) in [5, 5.41) is 18.6. The summed E-state index contributed by atoms with van der Waals surface area (Å²) in [6, 6.07) is 11.2. The topological polar surface area (TPSA) is 179 Å². The third-order valence-corrected chi connectivity index (χ3v) is 6.19. The van der Waals surface area contributed by atoms with Crippen molar-refractivity contribution < 1.29 is 27.5 Å². The molecule has 1 amide bonds. The monoisotopic (exact) mass is 608 g/mol. The Morgan fingerprint density at radius 1 is 1.20 bits per heavy atom. The number of esters is 1. The molecule has 0 bridgehead atoms. The van der Waals surface area contributed by atoms with Crippen LogP contribution in [0.2, 0.25) is 5.15 Å². The summed E-state index contributed by atoms with van der Waals surface area (Å²) >= 11 is 12.3. The Hall–Kier alpha value is -4.83. The van der Waals surface area contributed by atoms with Crippen LogP contribution >= 0.6 is 23.2 Å². The van der Waals surface area contributed by atoms with E-state index >= 15 is 0 Å². The normalized spacial score (nSPS) is 15.3. The van der Waals surface area contributed by atoms with Gasteiger partial charge in [-0.3, -0.25) is 9.89 Å². The van der Waals surface area contributed by atoms with Crippen molar-refractivity contribution in [2.45, 2.75) is 18.3 Å². The molecule has 212 valence electrons. The standard InChI is InChI=1S/C23H17Cl2F3N10O3/c24-18-17(11-3-6-13-14(8-11)33-34-19(13)29)31-16(32-18)9-30-20(39)15(41-21(40)23(26,27)28)7-10-1-4-12(5-2-10)38-22(25)35-36-37-38/h1-8,22H,9H2,(H,30,39)(H,31,32)(H,35,37)(H3,29,33,34)/b15-7+. The molecule has 0 radical (unpaired) electrons. The third kappa shape index (κ3) is 6.02. The number of aromatic amines is 2. The number of hydrogen-bond acceptors (Lipinski definition) is 10. The van der Waals surface area contributed by atoms with Gasteiger partial charge in [-0.05, 0) is 35.9 Å². The second kappa shape index (κ2) is 11.0. The van der Waals surface area contributed by atoms with E-state index in [1.54, 1.807) is 18.2 Å². The lowest BCUT2D eigenvalue weighted by atomic mass is 10.1. The molecule has 1 aliphatic rings. The fourth-order valence-corrected chi connectivity index (χ4v) is 4.16. The average molecular weight is 609 g/mol. The summed E-state index contributed by atoms with van der Waals surface area (Å²) in [5.74, 6) is -4.08. The van der Waals surface area contributed by atoms with Crippen molar-refractivity contribution in [2.24, 2.45) is 10.3 Å². The van der Waals surface area contributed by atoms with E-state index in [9.17, 15) is 22.8 Å². The number of hydrazine groups is 1. The number of nitrogens with one attached hydrogen (secondary N) is 4. The van der Waals surface area contributed by atoms with Gasteiger partial charge in [-0.15, -0.1) is 5.11 Å². The number of fused-ring (bicyclic) bond motifs is 1. The van der Waals surface area contributed by atoms with Gasteiger partial charge in [-0.1, -0.05) is 46.6 Å². The molecule has 1 aliphatic heterocycles. The summed E-state index contributed by atoms with van der Waals surface area (Å²) in [7, 11) is 0. The van der Waals surface area contributed by atoms with Gasteiger partial charge >= 0.3 is 12.1 Å². The quantitative estimate of drug-likeness (QED) is 0.0681. The first-order valence-electron chi connectivity index (χ1n) is 11.5. The number of amides is 1. The van der Waals surface area contributed by atoms with Crippen LogP contribution in [-0.2, 0) is 20.9 Å². The molecular formula is C23H17Cl2F3N10O3. The largest absolute Gasteiger partial charge is 0.491 e. The molecule has 41 heavy (non-hydrogen) atoms. The molecule has 0 fully saturated rings. The molecule has 0 saturated carbocycles. The van der Waals surface area contributed by atoms with Gasteiger partial charge in [0.2, 0.25) is 5.62 Å². The van der Waals surface area contributed by atoms with Crippen LogP contribution < -0.4 is 21.6 Å². The number of carbonyl (C=O) groups excluding carboxylic acids is 2. The molecule has 1 atom stereocenters. The van der Waals surface area contributed by atoms with E-state index in [1.807, 2.05) is 0 Å². The molecule has 18 heteroatoms. The number of benzene rings is 2. The van der Waals surface area contributed by atoms with Crippen LogP contribution in [0.1, 0.15) is 11.4 Å². The first-order chi connectivity index (χ1) is 19.5. The van der Waals surface area contributed by atoms with E-state index in [-0.39, 0.29) is 23.1 Å². The highest BCUT2D eigenvalue weighted by Crippen LogP contribution is 2.29. The number of aromatic nitrogens is 4. The number of ether oxygens (including phenoxy) is 1. The Bertz CT molecular complexity index is 1680. The summed E-state index contributed by atoms with van der Waals surface area (Å²) in [5.41, 5.74) is 9.89. The van der Waals surface area contributed by atoms with Crippen molar-refractivity contribution >= 4 is 63.6 Å². The minimum absolute atomic E-state index is 0.146. The summed E-state index contributed by atoms with van der Waals surface area (Å²) in [6.07, 6.45) is -4.37. The Morgan fingerprint density at radius 3 is 2.63 bits per heavy atom. The van der Waals surface area contributed by atoms with Gasteiger partial charge in [-0.2, -0.15) is 23.8 Å². The molecule has 4 aromatic rings. The molecule has 2 aromatic heterocycles. The van der Waals surface area contributed by atoms with Gasteiger partial charge in [-0.25, -0.2) is 14.8 Å². The zero-order valence-electron chi connectivity index (χ0n) is 20.3. The van der Waals surface area contributed by atoms with Gasteiger partial charge in [0.05, 0.1) is 17.7 Å². The third-order valence-electron chi connectivity index (χ3n) is 5.64. The Balaban J connectivity index is 1.33. The van der Waals surface area contributed by atoms with Crippen molar-refractivity contribution in [2.75, 3.05) is 10.7 Å². The molecule has 1 unspecified atom stereocenters. The minimum Gasteiger partial charge on any atom is -0.414 e. The number of rotatable bonds is 7. The predicted octanol–water partition coefficient (Wildman–Crippen LogP) is 4.17. The SMILES string of the molecule is Nc1n[nH]c2cc(-c3nc(CNC(=O)/C(=C\c4ccc(N5NN=NC5Cl)cc4)OC(=O)C(F)(F)F)[nH]c3Cl)ccc12. The number of alkyl halides is 4. The molecule has 13 nitrogen and oxygen atoms in total. The van der Waals surface area contributed by atoms with E-state index < -0.39 is 29.4 Å². The molecule has 6 N–H and O–H groups in total. The van der Waals surface area contributed by atoms with Crippen molar-refractivity contribution in [3.05, 3.63) is 64.8 Å². The van der Waals surface area contributed by atoms with Crippen LogP contribution in [-0.4, -0.2) is 43.8 Å². The van der Waals surface area contributed by atoms with Crippen LogP contribution in [0.25, 0.3) is 28.2 Å². The lowest BCUT2D eigenvalue weighted by molar-refractivity contribution is -0.195. The molecule has 0 aliphatic carbocycles. The second-order valence-corrected chi connectivity index (χ2v) is 9.15. The molecule has 3 heterocycles. The van der Waals surface area contributed by atoms with Crippen LogP contribution in [0, 0.1) is 0 Å². The van der Waals surface area contributed by atoms with Gasteiger partial charge < -0.3 is 20.8 Å². The highest BCUT2D eigenvalue weighted by molar-refractivity contribution is 6.32. The maximum Gasteiger partial charge on any atom is 0.491 e. The first-order valence-corrected chi connectivity index (χ1v) is 12.3. The Morgan fingerprint density at radius 2 is 1.95 bits per heavy atom. The summed E-state index contributed by atoms with van der Waals surface area (Å²) < 4.78 is 43.1. The highest BCUT2D eigenvalue weighted by Gasteiger charge is 2.42. The van der Waals surface area contributed by atoms with E-state index in [0.29, 0.717) is 33.7 Å². The van der Waals surface area contributed by atoms with Gasteiger partial charge in [0, 0.05) is 10.9 Å². The molecular weight excluding hydrogens is 592 g/mol. The maximum atomic E-state index is 12.9. The van der Waals surface area contributed by atoms with E-state index in [1.165, 1.54) is 29.3 Å². The highest BCUT2D eigenvalue weighted by atomic mass is 35.5. The number of imidazole rings is 1. The number of nitrogens with zero attached hydrogens (tertiary/aromatic N) is 5. The van der Waals surface area contributed by atoms with E-state index in [4.69, 9.17) is 28.9 Å². The fraction of sp³-hybridized carbons (Fsp3) is 0.130. The number of hydrogen-bond donors (Lipinski definition) is 5. The fourth-order valence-electron chi connectivity index (χ4n) is 3.70. The molecule has 5 rings (SSSR count). The van der Waals surface area contributed by atoms with Gasteiger partial charge in [0.1, 0.15) is 16.7 Å². The van der Waals surface area contributed by atoms with Crippen LogP contribution in [0.4, 0.5) is 24.7 Å². The Labute approximate surface area is 237 Å². The molecule has 2 aromatic carbocycles. The number of anilines is 2. The lowest BCUT2D eigenvalue weighted by Crippen LogP contribution is -2.34. The lowest BCUT2D eigenvalue weighted by Gasteiger charge is -2.18. The first kappa shape index (κ1) is 27.7. The van der Waals surface area contributed by atoms with E-state index in [2.05, 4.69) is 46.1 Å². The van der Waals surface area contributed by atoms with Crippen LogP contribution in [0.5, 0.6) is 0 Å². The average Bonchev–Trinajstić information content (AvgIpc) is 3.64. The molecule has 0 saturated heterocycles. The number of nitrogen functional groups attached to an aromatic ring is 1. The number of H-pyrrole nitrogens is 2. The number of carbonyl (C=O) groups is 2. The Kier molecular flexibility index (Phi) is 7.42.